The SMILES string of the molecule is Cc1ccccc1-c1ccc2c(c1)c1cc(-c3ccccc3C)ccc1n2-c1ccc(-c2nc(-c3ccccc3)nc(-c3ccccc3)n2)c(-c2cccc([Si](c3ccccc3)(c3ccccc3)c3ccccc3)c2)c1. The summed E-state index contributed by atoms with van der Waals surface area (Å²) in [5.74, 6) is 1.84. The number of aryl methyl sites for hydroxylation is 2. The van der Waals surface area contributed by atoms with Gasteiger partial charge in [0.25, 0.3) is 0 Å². The molecule has 2 heterocycles. The van der Waals surface area contributed by atoms with Crippen LogP contribution in [0.4, 0.5) is 0 Å². The van der Waals surface area contributed by atoms with Gasteiger partial charge in [0.15, 0.2) is 25.5 Å². The topological polar surface area (TPSA) is 43.6 Å². The van der Waals surface area contributed by atoms with Crippen molar-refractivity contribution in [2.45, 2.75) is 13.8 Å². The van der Waals surface area contributed by atoms with Gasteiger partial charge in [-0.05, 0) is 122 Å². The molecule has 0 unspecified atom stereocenters. The Morgan fingerprint density at radius 1 is 0.276 bits per heavy atom. The van der Waals surface area contributed by atoms with Crippen molar-refractivity contribution in [3.8, 4) is 73.2 Å². The zero-order valence-corrected chi connectivity index (χ0v) is 43.3. The molecule has 4 nitrogen and oxygen atoms in total. The molecule has 0 saturated heterocycles. The van der Waals surface area contributed by atoms with Crippen LogP contribution in [-0.4, -0.2) is 27.6 Å². The highest BCUT2D eigenvalue weighted by Gasteiger charge is 2.41. The highest BCUT2D eigenvalue weighted by atomic mass is 28.3. The van der Waals surface area contributed by atoms with Crippen molar-refractivity contribution in [1.29, 1.82) is 0 Å². The summed E-state index contributed by atoms with van der Waals surface area (Å²) in [6.45, 7) is 4.39. The van der Waals surface area contributed by atoms with Gasteiger partial charge in [-0.2, -0.15) is 0 Å². The van der Waals surface area contributed by atoms with Crippen molar-refractivity contribution < 1.29 is 0 Å². The molecule has 0 fully saturated rings. The highest BCUT2D eigenvalue weighted by Crippen LogP contribution is 2.41. The van der Waals surface area contributed by atoms with Crippen LogP contribution in [0.3, 0.4) is 0 Å². The maximum Gasteiger partial charge on any atom is 0.179 e. The third-order valence-electron chi connectivity index (χ3n) is 15.1. The van der Waals surface area contributed by atoms with Crippen LogP contribution in [0.2, 0.25) is 0 Å². The molecule has 360 valence electrons. The second kappa shape index (κ2) is 19.7. The van der Waals surface area contributed by atoms with E-state index in [-0.39, 0.29) is 0 Å². The minimum Gasteiger partial charge on any atom is -0.309 e. The summed E-state index contributed by atoms with van der Waals surface area (Å²) in [7, 11) is -2.93. The Bertz CT molecular complexity index is 3970. The van der Waals surface area contributed by atoms with E-state index in [2.05, 4.69) is 261 Å². The summed E-state index contributed by atoms with van der Waals surface area (Å²) in [4.78, 5) is 15.8. The summed E-state index contributed by atoms with van der Waals surface area (Å²) in [6.07, 6.45) is 0. The summed E-state index contributed by atoms with van der Waals surface area (Å²) >= 11 is 0. The second-order valence-electron chi connectivity index (χ2n) is 19.6. The monoisotopic (exact) mass is 988 g/mol. The van der Waals surface area contributed by atoms with Crippen LogP contribution in [0.5, 0.6) is 0 Å². The second-order valence-corrected chi connectivity index (χ2v) is 23.4. The molecule has 0 spiro atoms. The number of hydrogen-bond acceptors (Lipinski definition) is 3. The van der Waals surface area contributed by atoms with Crippen LogP contribution in [0.1, 0.15) is 11.1 Å². The minimum absolute atomic E-state index is 0.602. The standard InChI is InChI=1S/C71H52N4Si/c1-49-23-18-20-37-61(49)54-39-43-67-65(46-54)66-47-55(62-38-21-19-24-50(62)2)40-44-68(66)75(67)56-41-42-63(71-73-69(51-25-8-3-9-26-51)72-70(74-71)52-27-10-4-11-28-52)64(48-56)53-29-22-36-60(45-53)76(57-30-12-5-13-31-57,58-32-14-6-15-33-58)59-34-16-7-17-35-59/h3-48H,1-2H3. The van der Waals surface area contributed by atoms with E-state index in [9.17, 15) is 0 Å². The van der Waals surface area contributed by atoms with Crippen LogP contribution in [0, 0.1) is 13.8 Å². The molecule has 11 aromatic carbocycles. The quantitative estimate of drug-likeness (QED) is 0.0958. The first kappa shape index (κ1) is 46.2. The van der Waals surface area contributed by atoms with Crippen LogP contribution >= 0.6 is 0 Å². The fraction of sp³-hybridized carbons (Fsp3) is 0.0282. The molecule has 0 bridgehead atoms. The Labute approximate surface area is 445 Å². The van der Waals surface area contributed by atoms with Crippen molar-refractivity contribution in [3.63, 3.8) is 0 Å². The molecule has 76 heavy (non-hydrogen) atoms. The van der Waals surface area contributed by atoms with Gasteiger partial charge in [-0.15, -0.1) is 0 Å². The highest BCUT2D eigenvalue weighted by molar-refractivity contribution is 7.19. The Balaban J connectivity index is 1.10. The van der Waals surface area contributed by atoms with Crippen molar-refractivity contribution >= 4 is 50.6 Å². The fourth-order valence-electron chi connectivity index (χ4n) is 11.4. The molecule has 0 aliphatic rings. The van der Waals surface area contributed by atoms with Crippen molar-refractivity contribution in [2.24, 2.45) is 0 Å². The third-order valence-corrected chi connectivity index (χ3v) is 19.9. The van der Waals surface area contributed by atoms with Gasteiger partial charge in [-0.1, -0.05) is 237 Å². The van der Waals surface area contributed by atoms with Gasteiger partial charge in [0.2, 0.25) is 0 Å². The van der Waals surface area contributed by atoms with E-state index >= 15 is 0 Å². The van der Waals surface area contributed by atoms with Gasteiger partial charge in [-0.3, -0.25) is 0 Å². The van der Waals surface area contributed by atoms with E-state index in [1.165, 1.54) is 64.9 Å². The van der Waals surface area contributed by atoms with E-state index in [0.29, 0.717) is 17.5 Å². The first-order valence-electron chi connectivity index (χ1n) is 26.0. The molecule has 0 saturated carbocycles. The number of nitrogens with zero attached hydrogens (tertiary/aromatic N) is 4. The number of hydrogen-bond donors (Lipinski definition) is 0. The van der Waals surface area contributed by atoms with E-state index in [1.54, 1.807) is 0 Å². The molecular weight excluding hydrogens is 937 g/mol. The van der Waals surface area contributed by atoms with E-state index < -0.39 is 8.07 Å². The average Bonchev–Trinajstić information content (AvgIpc) is 3.95. The Kier molecular flexibility index (Phi) is 12.0. The first-order valence-corrected chi connectivity index (χ1v) is 28.0. The van der Waals surface area contributed by atoms with E-state index in [0.717, 1.165) is 44.5 Å². The Morgan fingerprint density at radius 2 is 0.671 bits per heavy atom. The molecule has 5 heteroatoms. The van der Waals surface area contributed by atoms with Gasteiger partial charge >= 0.3 is 0 Å². The predicted octanol–water partition coefficient (Wildman–Crippen LogP) is 15.0. The molecule has 13 rings (SSSR count). The van der Waals surface area contributed by atoms with Crippen LogP contribution in [0.25, 0.3) is 95.0 Å². The Morgan fingerprint density at radius 3 is 1.14 bits per heavy atom. The lowest BCUT2D eigenvalue weighted by molar-refractivity contribution is 1.07. The normalized spacial score (nSPS) is 11.6. The van der Waals surface area contributed by atoms with Crippen LogP contribution in [-0.2, 0) is 0 Å². The van der Waals surface area contributed by atoms with Gasteiger partial charge in [-0.25, -0.2) is 15.0 Å². The smallest absolute Gasteiger partial charge is 0.179 e. The van der Waals surface area contributed by atoms with Crippen molar-refractivity contribution in [3.05, 3.63) is 290 Å². The lowest BCUT2D eigenvalue weighted by Gasteiger charge is -2.34. The van der Waals surface area contributed by atoms with Crippen molar-refractivity contribution in [2.75, 3.05) is 0 Å². The van der Waals surface area contributed by atoms with E-state index in [4.69, 9.17) is 15.0 Å². The molecule has 13 aromatic rings. The molecule has 2 aromatic heterocycles. The van der Waals surface area contributed by atoms with Crippen LogP contribution < -0.4 is 20.7 Å². The largest absolute Gasteiger partial charge is 0.309 e. The molecule has 0 aliphatic carbocycles. The zero-order chi connectivity index (χ0) is 51.0. The molecule has 0 radical (unpaired) electrons. The molecule has 0 amide bonds. The summed E-state index contributed by atoms with van der Waals surface area (Å²) < 4.78 is 2.44. The molecule has 0 aliphatic heterocycles. The molecule has 0 atom stereocenters. The zero-order valence-electron chi connectivity index (χ0n) is 42.3. The lowest BCUT2D eigenvalue weighted by Crippen LogP contribution is -2.74. The Hall–Kier alpha value is -9.55. The van der Waals surface area contributed by atoms with E-state index in [1.807, 2.05) is 36.4 Å². The number of rotatable bonds is 11. The maximum atomic E-state index is 5.36. The van der Waals surface area contributed by atoms with Crippen molar-refractivity contribution in [1.82, 2.24) is 19.5 Å². The summed E-state index contributed by atoms with van der Waals surface area (Å²) in [5.41, 5.74) is 15.5. The predicted molar refractivity (Wildman–Crippen MR) is 320 cm³/mol. The maximum absolute atomic E-state index is 5.36. The number of fused-ring (bicyclic) bond motifs is 3. The van der Waals surface area contributed by atoms with Gasteiger partial charge in [0, 0.05) is 33.2 Å². The van der Waals surface area contributed by atoms with Gasteiger partial charge in [0.05, 0.1) is 11.0 Å². The third kappa shape index (κ3) is 8.24. The number of aromatic nitrogens is 4. The summed E-state index contributed by atoms with van der Waals surface area (Å²) in [5, 5.41) is 7.62. The molecule has 0 N–H and O–H groups in total. The lowest BCUT2D eigenvalue weighted by atomic mass is 9.97. The molecular formula is C71H52N4Si. The van der Waals surface area contributed by atoms with Gasteiger partial charge in [0.1, 0.15) is 0 Å². The first-order chi connectivity index (χ1) is 37.5. The minimum atomic E-state index is -2.93. The fourth-order valence-corrected chi connectivity index (χ4v) is 16.2. The number of benzene rings is 11. The average molecular weight is 989 g/mol. The van der Waals surface area contributed by atoms with Crippen LogP contribution in [0.15, 0.2) is 279 Å². The summed E-state index contributed by atoms with van der Waals surface area (Å²) in [6, 6.07) is 101. The van der Waals surface area contributed by atoms with Gasteiger partial charge < -0.3 is 4.57 Å².